The highest BCUT2D eigenvalue weighted by Crippen LogP contribution is 2.27. The molecule has 0 bridgehead atoms. The number of carboxylic acid groups (broad SMARTS) is 1. The van der Waals surface area contributed by atoms with Gasteiger partial charge in [-0.3, -0.25) is 0 Å². The number of hydrogen-bond donors (Lipinski definition) is 3. The summed E-state index contributed by atoms with van der Waals surface area (Å²) >= 11 is 3.36. The Hall–Kier alpha value is -3.20. The van der Waals surface area contributed by atoms with Crippen molar-refractivity contribution >= 4 is 45.0 Å². The highest BCUT2D eigenvalue weighted by molar-refractivity contribution is 9.10. The van der Waals surface area contributed by atoms with E-state index in [9.17, 15) is 9.18 Å². The van der Waals surface area contributed by atoms with Crippen molar-refractivity contribution in [1.82, 2.24) is 9.97 Å². The average molecular weight is 433 g/mol. The molecule has 0 spiro atoms. The van der Waals surface area contributed by atoms with E-state index in [1.54, 1.807) is 30.5 Å². The van der Waals surface area contributed by atoms with Crippen LogP contribution in [0.25, 0.3) is 0 Å². The lowest BCUT2D eigenvalue weighted by Gasteiger charge is -2.12. The minimum atomic E-state index is -1.08. The smallest absolute Gasteiger partial charge is 0.339 e. The number of hydrogen-bond acceptors (Lipinski definition) is 6. The summed E-state index contributed by atoms with van der Waals surface area (Å²) in [4.78, 5) is 19.7. The van der Waals surface area contributed by atoms with E-state index in [0.717, 1.165) is 0 Å². The van der Waals surface area contributed by atoms with Crippen LogP contribution in [0, 0.1) is 5.82 Å². The maximum absolute atomic E-state index is 13.0. The van der Waals surface area contributed by atoms with Crippen LogP contribution >= 0.6 is 15.9 Å². The van der Waals surface area contributed by atoms with Gasteiger partial charge in [-0.15, -0.1) is 0 Å². The van der Waals surface area contributed by atoms with Gasteiger partial charge in [-0.1, -0.05) is 0 Å². The van der Waals surface area contributed by atoms with Gasteiger partial charge in [-0.2, -0.15) is 4.98 Å². The lowest BCUT2D eigenvalue weighted by atomic mass is 10.2. The summed E-state index contributed by atoms with van der Waals surface area (Å²) in [7, 11) is 1.40. The molecule has 0 saturated carbocycles. The number of aromatic carboxylic acids is 1. The second-order valence-corrected chi connectivity index (χ2v) is 6.22. The molecule has 2 aromatic carbocycles. The maximum Gasteiger partial charge on any atom is 0.339 e. The first-order valence-corrected chi connectivity index (χ1v) is 8.49. The van der Waals surface area contributed by atoms with E-state index in [1.165, 1.54) is 25.3 Å². The fourth-order valence-electron chi connectivity index (χ4n) is 2.26. The SMILES string of the molecule is COc1cc(Nc2ncc(Br)c(Nc3ccc(F)cc3)n2)ccc1C(=O)O. The quantitative estimate of drug-likeness (QED) is 0.524. The van der Waals surface area contributed by atoms with Crippen molar-refractivity contribution in [2.24, 2.45) is 0 Å². The Morgan fingerprint density at radius 1 is 1.15 bits per heavy atom. The minimum Gasteiger partial charge on any atom is -0.496 e. The molecule has 3 N–H and O–H groups in total. The molecule has 1 aromatic heterocycles. The number of ether oxygens (including phenoxy) is 1. The van der Waals surface area contributed by atoms with Gasteiger partial charge in [0.1, 0.15) is 22.9 Å². The molecule has 0 amide bonds. The Kier molecular flexibility index (Phi) is 5.51. The van der Waals surface area contributed by atoms with E-state index in [0.29, 0.717) is 21.7 Å². The van der Waals surface area contributed by atoms with Crippen LogP contribution in [0.1, 0.15) is 10.4 Å². The Balaban J connectivity index is 1.83. The monoisotopic (exact) mass is 432 g/mol. The summed E-state index contributed by atoms with van der Waals surface area (Å²) < 4.78 is 18.8. The van der Waals surface area contributed by atoms with Crippen LogP contribution in [-0.4, -0.2) is 28.2 Å². The Bertz CT molecular complexity index is 983. The molecule has 0 aliphatic heterocycles. The van der Waals surface area contributed by atoms with Crippen molar-refractivity contribution in [1.29, 1.82) is 0 Å². The summed E-state index contributed by atoms with van der Waals surface area (Å²) in [6.07, 6.45) is 1.56. The molecule has 0 saturated heterocycles. The number of carboxylic acids is 1. The first-order valence-electron chi connectivity index (χ1n) is 7.70. The maximum atomic E-state index is 13.0. The van der Waals surface area contributed by atoms with E-state index in [-0.39, 0.29) is 23.1 Å². The van der Waals surface area contributed by atoms with Crippen LogP contribution in [0.4, 0.5) is 27.5 Å². The van der Waals surface area contributed by atoms with Gasteiger partial charge in [0.25, 0.3) is 0 Å². The normalized spacial score (nSPS) is 10.3. The van der Waals surface area contributed by atoms with Gasteiger partial charge in [-0.25, -0.2) is 14.2 Å². The number of aromatic nitrogens is 2. The van der Waals surface area contributed by atoms with E-state index in [1.807, 2.05) is 0 Å². The molecule has 138 valence electrons. The van der Waals surface area contributed by atoms with Crippen molar-refractivity contribution in [2.75, 3.05) is 17.7 Å². The Labute approximate surface area is 162 Å². The van der Waals surface area contributed by atoms with Crippen LogP contribution in [0.3, 0.4) is 0 Å². The minimum absolute atomic E-state index is 0.0541. The van der Waals surface area contributed by atoms with Crippen molar-refractivity contribution < 1.29 is 19.0 Å². The topological polar surface area (TPSA) is 96.4 Å². The van der Waals surface area contributed by atoms with Gasteiger partial charge in [0.15, 0.2) is 0 Å². The van der Waals surface area contributed by atoms with Crippen molar-refractivity contribution in [3.8, 4) is 5.75 Å². The summed E-state index contributed by atoms with van der Waals surface area (Å²) in [5.41, 5.74) is 1.28. The van der Waals surface area contributed by atoms with Crippen LogP contribution in [0.5, 0.6) is 5.75 Å². The highest BCUT2D eigenvalue weighted by Gasteiger charge is 2.12. The Morgan fingerprint density at radius 2 is 1.85 bits per heavy atom. The number of benzene rings is 2. The zero-order chi connectivity index (χ0) is 19.4. The van der Waals surface area contributed by atoms with Crippen LogP contribution < -0.4 is 15.4 Å². The third-order valence-corrected chi connectivity index (χ3v) is 4.12. The molecule has 0 aliphatic rings. The first kappa shape index (κ1) is 18.6. The van der Waals surface area contributed by atoms with E-state index in [4.69, 9.17) is 9.84 Å². The number of nitrogens with one attached hydrogen (secondary N) is 2. The molecule has 7 nitrogen and oxygen atoms in total. The van der Waals surface area contributed by atoms with Crippen LogP contribution in [-0.2, 0) is 0 Å². The van der Waals surface area contributed by atoms with E-state index >= 15 is 0 Å². The van der Waals surface area contributed by atoms with Crippen LogP contribution in [0.2, 0.25) is 0 Å². The summed E-state index contributed by atoms with van der Waals surface area (Å²) in [5.74, 6) is -0.428. The predicted molar refractivity (Wildman–Crippen MR) is 103 cm³/mol. The summed E-state index contributed by atoms with van der Waals surface area (Å²) in [6, 6.07) is 10.4. The standard InChI is InChI=1S/C18H14BrFN4O3/c1-27-15-8-12(6-7-13(15)17(25)26)23-18-21-9-14(19)16(24-18)22-11-4-2-10(20)3-5-11/h2-9H,1H3,(H,25,26)(H2,21,22,23,24). The zero-order valence-corrected chi connectivity index (χ0v) is 15.6. The number of nitrogens with zero attached hydrogens (tertiary/aromatic N) is 2. The first-order chi connectivity index (χ1) is 13.0. The van der Waals surface area contributed by atoms with Crippen molar-refractivity contribution in [2.45, 2.75) is 0 Å². The molecule has 0 aliphatic carbocycles. The molecule has 0 atom stereocenters. The summed E-state index contributed by atoms with van der Waals surface area (Å²) in [6.45, 7) is 0. The molecule has 0 fully saturated rings. The van der Waals surface area contributed by atoms with Gasteiger partial charge in [0, 0.05) is 23.6 Å². The average Bonchev–Trinajstić information content (AvgIpc) is 2.66. The van der Waals surface area contributed by atoms with Gasteiger partial charge in [0.2, 0.25) is 5.95 Å². The second-order valence-electron chi connectivity index (χ2n) is 5.37. The fraction of sp³-hybridized carbons (Fsp3) is 0.0556. The fourth-order valence-corrected chi connectivity index (χ4v) is 2.55. The number of halogens is 2. The molecule has 27 heavy (non-hydrogen) atoms. The third-order valence-electron chi connectivity index (χ3n) is 3.54. The van der Waals surface area contributed by atoms with Gasteiger partial charge >= 0.3 is 5.97 Å². The number of carbonyl (C=O) groups is 1. The molecule has 9 heteroatoms. The van der Waals surface area contributed by atoms with Crippen LogP contribution in [0.15, 0.2) is 53.1 Å². The highest BCUT2D eigenvalue weighted by atomic mass is 79.9. The zero-order valence-electron chi connectivity index (χ0n) is 14.0. The van der Waals surface area contributed by atoms with E-state index < -0.39 is 5.97 Å². The van der Waals surface area contributed by atoms with Gasteiger partial charge in [-0.05, 0) is 52.3 Å². The molecule has 3 rings (SSSR count). The largest absolute Gasteiger partial charge is 0.496 e. The predicted octanol–water partition coefficient (Wildman–Crippen LogP) is 4.57. The number of anilines is 4. The Morgan fingerprint density at radius 3 is 2.52 bits per heavy atom. The van der Waals surface area contributed by atoms with Crippen molar-refractivity contribution in [3.05, 3.63) is 64.5 Å². The number of methoxy groups -OCH3 is 1. The van der Waals surface area contributed by atoms with Gasteiger partial charge in [0.05, 0.1) is 11.6 Å². The van der Waals surface area contributed by atoms with Crippen molar-refractivity contribution in [3.63, 3.8) is 0 Å². The summed E-state index contributed by atoms with van der Waals surface area (Å²) in [5, 5.41) is 15.2. The molecule has 1 heterocycles. The lowest BCUT2D eigenvalue weighted by Crippen LogP contribution is -2.04. The van der Waals surface area contributed by atoms with E-state index in [2.05, 4.69) is 36.5 Å². The number of rotatable bonds is 6. The molecule has 3 aromatic rings. The molecular formula is C18H14BrFN4O3. The second kappa shape index (κ2) is 8.00. The third kappa shape index (κ3) is 4.50. The molecule has 0 unspecified atom stereocenters. The lowest BCUT2D eigenvalue weighted by molar-refractivity contribution is 0.0693. The van der Waals surface area contributed by atoms with Gasteiger partial charge < -0.3 is 20.5 Å². The molecule has 0 radical (unpaired) electrons. The molecular weight excluding hydrogens is 419 g/mol.